The van der Waals surface area contributed by atoms with Crippen LogP contribution in [0.15, 0.2) is 36.7 Å². The minimum absolute atomic E-state index is 0.289. The molecule has 70 valence electrons. The molecule has 1 aromatic heterocycles. The maximum absolute atomic E-state index is 12.9. The summed E-state index contributed by atoms with van der Waals surface area (Å²) in [6.45, 7) is 0. The smallest absolute Gasteiger partial charge is 0.129 e. The lowest BCUT2D eigenvalue weighted by atomic mass is 10.1. The van der Waals surface area contributed by atoms with Gasteiger partial charge in [0.25, 0.3) is 0 Å². The molecule has 0 unspecified atom stereocenters. The quantitative estimate of drug-likeness (QED) is 0.727. The fraction of sp³-hybridized carbons (Fsp3) is 0. The molecule has 4 heteroatoms. The Bertz CT molecular complexity index is 507. The van der Waals surface area contributed by atoms with Crippen LogP contribution in [0, 0.1) is 10.5 Å². The number of aromatic nitrogens is 2. The van der Waals surface area contributed by atoms with Crippen LogP contribution < -0.4 is 0 Å². The highest BCUT2D eigenvalue weighted by Gasteiger charge is 2.01. The molecule has 2 aromatic rings. The average molecular weight is 206 g/mol. The van der Waals surface area contributed by atoms with E-state index >= 15 is 0 Å². The van der Waals surface area contributed by atoms with Gasteiger partial charge in [0.05, 0.1) is 0 Å². The lowest BCUT2D eigenvalue weighted by Crippen LogP contribution is -1.87. The maximum Gasteiger partial charge on any atom is 0.129 e. The summed E-state index contributed by atoms with van der Waals surface area (Å²) in [5, 5.41) is 0. The topological polar surface area (TPSA) is 28.7 Å². The van der Waals surface area contributed by atoms with E-state index in [4.69, 9.17) is 12.2 Å². The summed E-state index contributed by atoms with van der Waals surface area (Å²) in [5.74, 6) is -0.289. The summed E-state index contributed by atoms with van der Waals surface area (Å²) in [5.41, 5.74) is 1.29. The first-order chi connectivity index (χ1) is 6.77. The van der Waals surface area contributed by atoms with E-state index < -0.39 is 0 Å². The van der Waals surface area contributed by atoms with Gasteiger partial charge in [0.1, 0.15) is 16.2 Å². The fourth-order valence-electron chi connectivity index (χ4n) is 1.19. The van der Waals surface area contributed by atoms with Crippen molar-refractivity contribution in [2.75, 3.05) is 0 Å². The molecule has 0 saturated heterocycles. The summed E-state index contributed by atoms with van der Waals surface area (Å²) in [6, 6.07) is 6.20. The van der Waals surface area contributed by atoms with Gasteiger partial charge < -0.3 is 4.98 Å². The Morgan fingerprint density at radius 2 is 2.21 bits per heavy atom. The second-order valence-corrected chi connectivity index (χ2v) is 3.19. The first-order valence-electron chi connectivity index (χ1n) is 4.07. The van der Waals surface area contributed by atoms with Crippen LogP contribution in [0.1, 0.15) is 0 Å². The van der Waals surface area contributed by atoms with Crippen molar-refractivity contribution in [1.29, 1.82) is 0 Å². The van der Waals surface area contributed by atoms with E-state index in [1.54, 1.807) is 24.5 Å². The van der Waals surface area contributed by atoms with E-state index in [1.807, 2.05) is 0 Å². The van der Waals surface area contributed by atoms with Gasteiger partial charge in [-0.3, -0.25) is 4.98 Å². The van der Waals surface area contributed by atoms with E-state index in [-0.39, 0.29) is 5.82 Å². The monoisotopic (exact) mass is 206 g/mol. The molecular weight excluding hydrogens is 199 g/mol. The summed E-state index contributed by atoms with van der Waals surface area (Å²) >= 11 is 5.04. The van der Waals surface area contributed by atoms with Crippen molar-refractivity contribution in [3.8, 4) is 11.3 Å². The van der Waals surface area contributed by atoms with Crippen LogP contribution in [0.3, 0.4) is 0 Å². The predicted octanol–water partition coefficient (Wildman–Crippen LogP) is 2.95. The van der Waals surface area contributed by atoms with Gasteiger partial charge in [-0.25, -0.2) is 4.39 Å². The van der Waals surface area contributed by atoms with E-state index in [0.29, 0.717) is 15.9 Å². The Morgan fingerprint density at radius 3 is 2.93 bits per heavy atom. The highest BCUT2D eigenvalue weighted by molar-refractivity contribution is 7.71. The summed E-state index contributed by atoms with van der Waals surface area (Å²) < 4.78 is 13.4. The number of benzene rings is 1. The lowest BCUT2D eigenvalue weighted by molar-refractivity contribution is 0.628. The van der Waals surface area contributed by atoms with Crippen molar-refractivity contribution >= 4 is 12.2 Å². The molecule has 0 radical (unpaired) electrons. The number of hydrogen-bond donors (Lipinski definition) is 1. The third-order valence-electron chi connectivity index (χ3n) is 1.81. The largest absolute Gasteiger partial charge is 0.350 e. The van der Waals surface area contributed by atoms with Gasteiger partial charge in [0.15, 0.2) is 0 Å². The maximum atomic E-state index is 12.9. The summed E-state index contributed by atoms with van der Waals surface area (Å²) in [4.78, 5) is 6.94. The van der Waals surface area contributed by atoms with Crippen molar-refractivity contribution in [3.05, 3.63) is 47.1 Å². The van der Waals surface area contributed by atoms with Crippen LogP contribution in [-0.2, 0) is 0 Å². The van der Waals surface area contributed by atoms with Crippen LogP contribution in [0.5, 0.6) is 0 Å². The third-order valence-corrected chi connectivity index (χ3v) is 2.12. The van der Waals surface area contributed by atoms with Gasteiger partial charge in [0.2, 0.25) is 0 Å². The first kappa shape index (κ1) is 9.02. The molecule has 0 bridgehead atoms. The second-order valence-electron chi connectivity index (χ2n) is 2.78. The minimum atomic E-state index is -0.289. The number of hydrogen-bond acceptors (Lipinski definition) is 2. The van der Waals surface area contributed by atoms with Gasteiger partial charge in [-0.05, 0) is 12.1 Å². The molecule has 2 nitrogen and oxygen atoms in total. The Hall–Kier alpha value is -1.55. The molecule has 0 saturated carbocycles. The van der Waals surface area contributed by atoms with Crippen molar-refractivity contribution in [1.82, 2.24) is 9.97 Å². The van der Waals surface area contributed by atoms with Crippen LogP contribution in [0.2, 0.25) is 0 Å². The van der Waals surface area contributed by atoms with Crippen LogP contribution in [0.25, 0.3) is 11.3 Å². The number of rotatable bonds is 1. The highest BCUT2D eigenvalue weighted by Crippen LogP contribution is 2.17. The van der Waals surface area contributed by atoms with Crippen LogP contribution in [-0.4, -0.2) is 9.97 Å². The van der Waals surface area contributed by atoms with Gasteiger partial charge in [0, 0.05) is 18.0 Å². The number of H-pyrrole nitrogens is 1. The molecule has 2 rings (SSSR count). The molecule has 0 aliphatic heterocycles. The molecule has 0 fully saturated rings. The molecule has 0 aliphatic carbocycles. The predicted molar refractivity (Wildman–Crippen MR) is 54.8 cm³/mol. The first-order valence-corrected chi connectivity index (χ1v) is 4.48. The molecule has 1 aromatic carbocycles. The molecule has 0 atom stereocenters. The normalized spacial score (nSPS) is 10.1. The SMILES string of the molecule is Fc1cccc(-c2ncc[nH]c2=S)c1. The molecule has 0 aliphatic rings. The molecule has 0 amide bonds. The second kappa shape index (κ2) is 3.67. The van der Waals surface area contributed by atoms with Crippen molar-refractivity contribution in [2.45, 2.75) is 0 Å². The number of nitrogens with one attached hydrogen (secondary N) is 1. The zero-order valence-electron chi connectivity index (χ0n) is 7.20. The van der Waals surface area contributed by atoms with E-state index in [9.17, 15) is 4.39 Å². The summed E-state index contributed by atoms with van der Waals surface area (Å²) in [7, 11) is 0. The standard InChI is InChI=1S/C10H7FN2S/c11-8-3-1-2-7(6-8)9-10(14)13-5-4-12-9/h1-6H,(H,13,14). The van der Waals surface area contributed by atoms with Crippen molar-refractivity contribution in [3.63, 3.8) is 0 Å². The van der Waals surface area contributed by atoms with Gasteiger partial charge in [-0.2, -0.15) is 0 Å². The molecule has 1 heterocycles. The molecule has 0 spiro atoms. The Balaban J connectivity index is 2.61. The zero-order chi connectivity index (χ0) is 9.97. The Morgan fingerprint density at radius 1 is 1.36 bits per heavy atom. The Kier molecular flexibility index (Phi) is 2.37. The fourth-order valence-corrected chi connectivity index (χ4v) is 1.43. The van der Waals surface area contributed by atoms with Crippen molar-refractivity contribution in [2.24, 2.45) is 0 Å². The van der Waals surface area contributed by atoms with Crippen molar-refractivity contribution < 1.29 is 4.39 Å². The number of nitrogens with zero attached hydrogens (tertiary/aromatic N) is 1. The van der Waals surface area contributed by atoms with E-state index in [2.05, 4.69) is 9.97 Å². The van der Waals surface area contributed by atoms with Gasteiger partial charge in [-0.1, -0.05) is 24.4 Å². The number of aromatic amines is 1. The lowest BCUT2D eigenvalue weighted by Gasteiger charge is -1.99. The van der Waals surface area contributed by atoms with Crippen LogP contribution in [0.4, 0.5) is 4.39 Å². The van der Waals surface area contributed by atoms with E-state index in [0.717, 1.165) is 0 Å². The molecular formula is C10H7FN2S. The Labute approximate surface area is 85.5 Å². The highest BCUT2D eigenvalue weighted by atomic mass is 32.1. The zero-order valence-corrected chi connectivity index (χ0v) is 8.01. The van der Waals surface area contributed by atoms with Gasteiger partial charge in [-0.15, -0.1) is 0 Å². The van der Waals surface area contributed by atoms with E-state index in [1.165, 1.54) is 12.1 Å². The molecule has 1 N–H and O–H groups in total. The minimum Gasteiger partial charge on any atom is -0.350 e. The average Bonchev–Trinajstić information content (AvgIpc) is 2.18. The van der Waals surface area contributed by atoms with Gasteiger partial charge >= 0.3 is 0 Å². The van der Waals surface area contributed by atoms with Crippen LogP contribution >= 0.6 is 12.2 Å². The third kappa shape index (κ3) is 1.70. The summed E-state index contributed by atoms with van der Waals surface area (Å²) in [6.07, 6.45) is 3.24. The molecule has 14 heavy (non-hydrogen) atoms. The number of halogens is 1.